The van der Waals surface area contributed by atoms with Crippen LogP contribution in [0.5, 0.6) is 0 Å². The van der Waals surface area contributed by atoms with Crippen LogP contribution in [0.2, 0.25) is 0 Å². The van der Waals surface area contributed by atoms with Crippen LogP contribution in [0.15, 0.2) is 0 Å². The zero-order chi connectivity index (χ0) is 10.5. The summed E-state index contributed by atoms with van der Waals surface area (Å²) >= 11 is 0. The molecule has 0 aromatic carbocycles. The van der Waals surface area contributed by atoms with E-state index in [1.165, 1.54) is 0 Å². The minimum atomic E-state index is -4.40. The second-order valence-electron chi connectivity index (χ2n) is 2.11. The number of alkyl halides is 3. The smallest absolute Gasteiger partial charge is 0.371 e. The fraction of sp³-hybridized carbons (Fsp3) is 1.00. The van der Waals surface area contributed by atoms with E-state index in [2.05, 4.69) is 9.88 Å². The molecule has 0 aliphatic carbocycles. The second kappa shape index (κ2) is 4.74. The third-order valence-electron chi connectivity index (χ3n) is 0.815. The van der Waals surface area contributed by atoms with E-state index in [9.17, 15) is 21.6 Å². The Labute approximate surface area is 73.2 Å². The zero-order valence-corrected chi connectivity index (χ0v) is 7.28. The van der Waals surface area contributed by atoms with Crippen molar-refractivity contribution in [1.29, 1.82) is 0 Å². The maximum atomic E-state index is 11.4. The molecule has 0 aliphatic rings. The van der Waals surface area contributed by atoms with E-state index in [0.717, 1.165) is 0 Å². The predicted octanol–water partition coefficient (Wildman–Crippen LogP) is -0.642. The van der Waals surface area contributed by atoms with Crippen LogP contribution in [0.1, 0.15) is 0 Å². The molecule has 0 rings (SSSR count). The Morgan fingerprint density at radius 2 is 1.92 bits per heavy atom. The molecule has 80 valence electrons. The van der Waals surface area contributed by atoms with E-state index in [4.69, 9.17) is 0 Å². The molecule has 0 aromatic heterocycles. The molecule has 0 heterocycles. The van der Waals surface area contributed by atoms with Crippen molar-refractivity contribution in [3.8, 4) is 0 Å². The molecule has 0 fully saturated rings. The van der Waals surface area contributed by atoms with Gasteiger partial charge >= 0.3 is 6.18 Å². The standard InChI is InChI=1S/C4H9F3N2O3S/c5-4(6,7)3-12-2-1-9-13(8,10)11/h9H,1-3H2,(H2,8,10,11). The van der Waals surface area contributed by atoms with Crippen molar-refractivity contribution in [2.24, 2.45) is 5.14 Å². The summed E-state index contributed by atoms with van der Waals surface area (Å²) in [7, 11) is -3.85. The van der Waals surface area contributed by atoms with E-state index in [0.29, 0.717) is 0 Å². The quantitative estimate of drug-likeness (QED) is 0.607. The van der Waals surface area contributed by atoms with Gasteiger partial charge in [-0.25, -0.2) is 9.86 Å². The van der Waals surface area contributed by atoms with Gasteiger partial charge < -0.3 is 4.74 Å². The van der Waals surface area contributed by atoms with Gasteiger partial charge in [0.05, 0.1) is 6.61 Å². The molecule has 0 aliphatic heterocycles. The molecule has 0 radical (unpaired) electrons. The van der Waals surface area contributed by atoms with Crippen molar-refractivity contribution in [1.82, 2.24) is 4.72 Å². The van der Waals surface area contributed by atoms with Gasteiger partial charge in [0.2, 0.25) is 0 Å². The van der Waals surface area contributed by atoms with Gasteiger partial charge in [-0.3, -0.25) is 0 Å². The van der Waals surface area contributed by atoms with Crippen LogP contribution >= 0.6 is 0 Å². The number of nitrogens with two attached hydrogens (primary N) is 1. The highest BCUT2D eigenvalue weighted by molar-refractivity contribution is 7.87. The SMILES string of the molecule is NS(=O)(=O)NCCOCC(F)(F)F. The maximum Gasteiger partial charge on any atom is 0.411 e. The monoisotopic (exact) mass is 222 g/mol. The first-order chi connectivity index (χ1) is 5.71. The molecule has 0 saturated carbocycles. The first-order valence-electron chi connectivity index (χ1n) is 3.12. The molecule has 0 unspecified atom stereocenters. The third-order valence-corrected chi connectivity index (χ3v) is 1.42. The normalized spacial score (nSPS) is 13.2. The number of hydrogen-bond donors (Lipinski definition) is 2. The Kier molecular flexibility index (Phi) is 4.61. The summed E-state index contributed by atoms with van der Waals surface area (Å²) in [6.07, 6.45) is -4.40. The van der Waals surface area contributed by atoms with E-state index in [-0.39, 0.29) is 13.2 Å². The highest BCUT2D eigenvalue weighted by atomic mass is 32.2. The van der Waals surface area contributed by atoms with Gasteiger partial charge in [-0.05, 0) is 0 Å². The lowest BCUT2D eigenvalue weighted by Gasteiger charge is -2.07. The van der Waals surface area contributed by atoms with Crippen LogP contribution < -0.4 is 9.86 Å². The van der Waals surface area contributed by atoms with Gasteiger partial charge in [-0.2, -0.15) is 21.6 Å². The Bertz CT molecular complexity index is 238. The Balaban J connectivity index is 3.39. The van der Waals surface area contributed by atoms with Crippen LogP contribution in [0.25, 0.3) is 0 Å². The summed E-state index contributed by atoms with van der Waals surface area (Å²) in [5.41, 5.74) is 0. The molecule has 5 nitrogen and oxygen atoms in total. The highest BCUT2D eigenvalue weighted by Gasteiger charge is 2.27. The van der Waals surface area contributed by atoms with E-state index in [1.807, 2.05) is 0 Å². The molecule has 9 heteroatoms. The first kappa shape index (κ1) is 12.6. The molecular weight excluding hydrogens is 213 g/mol. The molecule has 0 spiro atoms. The molecule has 0 saturated heterocycles. The largest absolute Gasteiger partial charge is 0.411 e. The minimum absolute atomic E-state index is 0.283. The zero-order valence-electron chi connectivity index (χ0n) is 6.47. The van der Waals surface area contributed by atoms with Crippen LogP contribution in [-0.2, 0) is 14.9 Å². The average molecular weight is 222 g/mol. The third kappa shape index (κ3) is 11.6. The molecule has 0 amide bonds. The highest BCUT2D eigenvalue weighted by Crippen LogP contribution is 2.13. The molecular formula is C4H9F3N2O3S. The number of nitrogens with one attached hydrogen (secondary N) is 1. The van der Waals surface area contributed by atoms with Crippen molar-refractivity contribution in [3.63, 3.8) is 0 Å². The Morgan fingerprint density at radius 1 is 1.38 bits per heavy atom. The van der Waals surface area contributed by atoms with Crippen LogP contribution in [0.4, 0.5) is 13.2 Å². The van der Waals surface area contributed by atoms with Gasteiger partial charge in [0, 0.05) is 6.54 Å². The summed E-state index contributed by atoms with van der Waals surface area (Å²) in [5.74, 6) is 0. The first-order valence-corrected chi connectivity index (χ1v) is 4.67. The van der Waals surface area contributed by atoms with Gasteiger partial charge in [0.1, 0.15) is 6.61 Å². The van der Waals surface area contributed by atoms with Crippen LogP contribution in [0.3, 0.4) is 0 Å². The second-order valence-corrected chi connectivity index (χ2v) is 3.49. The topological polar surface area (TPSA) is 81.4 Å². The van der Waals surface area contributed by atoms with E-state index in [1.54, 1.807) is 4.72 Å². The minimum Gasteiger partial charge on any atom is -0.371 e. The fourth-order valence-electron chi connectivity index (χ4n) is 0.444. The van der Waals surface area contributed by atoms with Crippen molar-refractivity contribution >= 4 is 10.2 Å². The van der Waals surface area contributed by atoms with Gasteiger partial charge in [0.25, 0.3) is 10.2 Å². The lowest BCUT2D eigenvalue weighted by molar-refractivity contribution is -0.173. The van der Waals surface area contributed by atoms with Crippen molar-refractivity contribution in [2.45, 2.75) is 6.18 Å². The molecule has 0 atom stereocenters. The van der Waals surface area contributed by atoms with Crippen molar-refractivity contribution in [2.75, 3.05) is 19.8 Å². The number of halogens is 3. The molecule has 13 heavy (non-hydrogen) atoms. The summed E-state index contributed by atoms with van der Waals surface area (Å²) in [4.78, 5) is 0. The maximum absolute atomic E-state index is 11.4. The molecule has 0 aromatic rings. The summed E-state index contributed by atoms with van der Waals surface area (Å²) < 4.78 is 60.5. The van der Waals surface area contributed by atoms with Crippen LogP contribution in [0, 0.1) is 0 Å². The lowest BCUT2D eigenvalue weighted by atomic mass is 10.7. The summed E-state index contributed by atoms with van der Waals surface area (Å²) in [5, 5.41) is 4.49. The van der Waals surface area contributed by atoms with Crippen LogP contribution in [-0.4, -0.2) is 34.4 Å². The predicted molar refractivity (Wildman–Crippen MR) is 38.0 cm³/mol. The van der Waals surface area contributed by atoms with Crippen molar-refractivity contribution in [3.05, 3.63) is 0 Å². The average Bonchev–Trinajstić information content (AvgIpc) is 1.81. The Hall–Kier alpha value is -0.380. The fourth-order valence-corrected chi connectivity index (χ4v) is 0.812. The van der Waals surface area contributed by atoms with E-state index < -0.39 is 23.0 Å². The molecule has 3 N–H and O–H groups in total. The summed E-state index contributed by atoms with van der Waals surface area (Å²) in [6.45, 7) is -2.07. The number of rotatable bonds is 5. The number of hydrogen-bond acceptors (Lipinski definition) is 3. The molecule has 0 bridgehead atoms. The van der Waals surface area contributed by atoms with Gasteiger partial charge in [-0.1, -0.05) is 0 Å². The lowest BCUT2D eigenvalue weighted by Crippen LogP contribution is -2.34. The Morgan fingerprint density at radius 3 is 2.31 bits per heavy atom. The summed E-state index contributed by atoms with van der Waals surface area (Å²) in [6, 6.07) is 0. The van der Waals surface area contributed by atoms with Gasteiger partial charge in [0.15, 0.2) is 0 Å². The van der Waals surface area contributed by atoms with Crippen molar-refractivity contribution < 1.29 is 26.3 Å². The van der Waals surface area contributed by atoms with E-state index >= 15 is 0 Å². The van der Waals surface area contributed by atoms with Gasteiger partial charge in [-0.15, -0.1) is 0 Å². The number of ether oxygens (including phenoxy) is 1.